The van der Waals surface area contributed by atoms with Gasteiger partial charge < -0.3 is 49.6 Å². The molecular weight excluding hydrogens is 653 g/mol. The van der Waals surface area contributed by atoms with Gasteiger partial charge in [0.2, 0.25) is 5.91 Å². The SMILES string of the molecule is COc1ccc2c3c1O[C@H]1C(OC(=O)C(C)OC(=O)CC(NC(=O)C(C)O)C(=O)O)=CC[C@@]4(O)[C@@H](C2)N(C)CC[C@]314.O=C(O)C(F)(F)F. The molecule has 2 aliphatic carbocycles. The van der Waals surface area contributed by atoms with Crippen molar-refractivity contribution in [3.63, 3.8) is 0 Å². The van der Waals surface area contributed by atoms with Gasteiger partial charge in [0.05, 0.1) is 24.5 Å². The van der Waals surface area contributed by atoms with Crippen molar-refractivity contribution in [1.29, 1.82) is 0 Å². The molecule has 264 valence electrons. The van der Waals surface area contributed by atoms with E-state index in [2.05, 4.69) is 4.90 Å². The molecule has 1 aromatic carbocycles. The third kappa shape index (κ3) is 6.38. The number of benzene rings is 1. The number of aliphatic hydroxyl groups is 2. The number of hydrogen-bond acceptors (Lipinski definition) is 12. The second-order valence-electron chi connectivity index (χ2n) is 11.9. The van der Waals surface area contributed by atoms with Crippen molar-refractivity contribution in [3.8, 4) is 11.5 Å². The monoisotopic (exact) mass is 688 g/mol. The minimum atomic E-state index is -5.08. The Morgan fingerprint density at radius 2 is 1.81 bits per heavy atom. The minimum absolute atomic E-state index is 0.181. The van der Waals surface area contributed by atoms with E-state index in [9.17, 15) is 47.7 Å². The molecule has 0 aromatic heterocycles. The van der Waals surface area contributed by atoms with Crippen LogP contribution >= 0.6 is 0 Å². The Bertz CT molecular complexity index is 1530. The molecule has 4 aliphatic rings. The second kappa shape index (κ2) is 13.2. The van der Waals surface area contributed by atoms with Gasteiger partial charge in [0, 0.05) is 18.0 Å². The number of likely N-dealkylation sites (tertiary alicyclic amines) is 1. The fourth-order valence-electron chi connectivity index (χ4n) is 6.74. The van der Waals surface area contributed by atoms with E-state index in [-0.39, 0.29) is 18.2 Å². The van der Waals surface area contributed by atoms with Gasteiger partial charge in [0.1, 0.15) is 17.9 Å². The predicted molar refractivity (Wildman–Crippen MR) is 153 cm³/mol. The molecule has 48 heavy (non-hydrogen) atoms. The molecular formula is C30H35F3N2O13. The number of nitrogens with one attached hydrogen (secondary N) is 1. The number of likely N-dealkylation sites (N-methyl/N-ethyl adjacent to an activating group) is 1. The summed E-state index contributed by atoms with van der Waals surface area (Å²) in [6.45, 7) is 3.11. The highest BCUT2D eigenvalue weighted by Gasteiger charge is 2.72. The fraction of sp³-hybridized carbons (Fsp3) is 0.567. The number of nitrogens with zero attached hydrogens (tertiary/aromatic N) is 1. The maximum Gasteiger partial charge on any atom is 0.490 e. The molecule has 5 rings (SSSR count). The van der Waals surface area contributed by atoms with Crippen molar-refractivity contribution in [2.45, 2.75) is 87.1 Å². The Morgan fingerprint density at radius 3 is 2.38 bits per heavy atom. The van der Waals surface area contributed by atoms with Crippen LogP contribution in [0.15, 0.2) is 24.0 Å². The molecule has 3 unspecified atom stereocenters. The van der Waals surface area contributed by atoms with Crippen LogP contribution in [-0.4, -0.2) is 118 Å². The maximum absolute atomic E-state index is 13.1. The summed E-state index contributed by atoms with van der Waals surface area (Å²) < 4.78 is 54.6. The molecule has 0 saturated carbocycles. The van der Waals surface area contributed by atoms with Crippen molar-refractivity contribution < 1.29 is 76.5 Å². The number of aliphatic carboxylic acids is 2. The summed E-state index contributed by atoms with van der Waals surface area (Å²) in [7, 11) is 3.51. The Hall–Kier alpha value is -4.42. The van der Waals surface area contributed by atoms with Gasteiger partial charge in [-0.25, -0.2) is 14.4 Å². The summed E-state index contributed by atoms with van der Waals surface area (Å²) in [5.74, 6) is -6.02. The van der Waals surface area contributed by atoms with Gasteiger partial charge in [-0.1, -0.05) is 6.07 Å². The highest BCUT2D eigenvalue weighted by Crippen LogP contribution is 2.65. The van der Waals surface area contributed by atoms with E-state index in [0.29, 0.717) is 30.9 Å². The Balaban J connectivity index is 0.000000671. The summed E-state index contributed by atoms with van der Waals surface area (Å²) in [6.07, 6.45) is -6.58. The van der Waals surface area contributed by atoms with E-state index in [0.717, 1.165) is 18.1 Å². The number of amides is 1. The number of carbonyl (C=O) groups excluding carboxylic acids is 3. The maximum atomic E-state index is 13.1. The fourth-order valence-corrected chi connectivity index (χ4v) is 6.74. The zero-order chi connectivity index (χ0) is 35.9. The van der Waals surface area contributed by atoms with Crippen molar-refractivity contribution >= 4 is 29.8 Å². The van der Waals surface area contributed by atoms with Crippen LogP contribution < -0.4 is 14.8 Å². The third-order valence-corrected chi connectivity index (χ3v) is 9.02. The van der Waals surface area contributed by atoms with Crippen LogP contribution in [0.2, 0.25) is 0 Å². The quantitative estimate of drug-likeness (QED) is 0.222. The first-order valence-electron chi connectivity index (χ1n) is 14.7. The number of carboxylic acid groups (broad SMARTS) is 2. The number of esters is 2. The lowest BCUT2D eigenvalue weighted by molar-refractivity contribution is -0.192. The number of halogens is 3. The molecule has 15 nitrogen and oxygen atoms in total. The molecule has 18 heteroatoms. The first-order chi connectivity index (χ1) is 22.3. The van der Waals surface area contributed by atoms with Crippen LogP contribution in [-0.2, 0) is 45.3 Å². The zero-order valence-corrected chi connectivity index (χ0v) is 26.2. The van der Waals surface area contributed by atoms with Crippen LogP contribution in [0.3, 0.4) is 0 Å². The normalized spacial score (nSPS) is 26.9. The summed E-state index contributed by atoms with van der Waals surface area (Å²) >= 11 is 0. The number of aliphatic hydroxyl groups excluding tert-OH is 1. The van der Waals surface area contributed by atoms with Gasteiger partial charge in [0.15, 0.2) is 23.7 Å². The largest absolute Gasteiger partial charge is 0.493 e. The van der Waals surface area contributed by atoms with Crippen molar-refractivity contribution in [3.05, 3.63) is 35.1 Å². The number of methoxy groups -OCH3 is 1. The van der Waals surface area contributed by atoms with Crippen LogP contribution in [0.1, 0.15) is 44.2 Å². The number of hydrogen-bond donors (Lipinski definition) is 5. The first kappa shape index (κ1) is 36.4. The number of rotatable bonds is 9. The molecule has 5 N–H and O–H groups in total. The summed E-state index contributed by atoms with van der Waals surface area (Å²) in [4.78, 5) is 59.7. The van der Waals surface area contributed by atoms with Gasteiger partial charge >= 0.3 is 30.1 Å². The van der Waals surface area contributed by atoms with Gasteiger partial charge in [-0.2, -0.15) is 13.2 Å². The van der Waals surface area contributed by atoms with Crippen molar-refractivity contribution in [1.82, 2.24) is 10.2 Å². The van der Waals surface area contributed by atoms with E-state index < -0.39 is 77.8 Å². The molecule has 1 fully saturated rings. The van der Waals surface area contributed by atoms with Crippen molar-refractivity contribution in [2.24, 2.45) is 0 Å². The molecule has 2 heterocycles. The number of alkyl halides is 3. The van der Waals surface area contributed by atoms with Crippen LogP contribution in [0, 0.1) is 0 Å². The highest BCUT2D eigenvalue weighted by molar-refractivity contribution is 5.89. The summed E-state index contributed by atoms with van der Waals surface area (Å²) in [5, 5.41) is 40.0. The molecule has 0 radical (unpaired) electrons. The Morgan fingerprint density at radius 1 is 1.17 bits per heavy atom. The lowest BCUT2D eigenvalue weighted by atomic mass is 9.50. The topological polar surface area (TPSA) is 218 Å². The number of piperidine rings is 1. The van der Waals surface area contributed by atoms with E-state index in [4.69, 9.17) is 28.8 Å². The van der Waals surface area contributed by atoms with Crippen LogP contribution in [0.25, 0.3) is 0 Å². The first-order valence-corrected chi connectivity index (χ1v) is 14.7. The van der Waals surface area contributed by atoms with E-state index in [1.165, 1.54) is 14.0 Å². The van der Waals surface area contributed by atoms with Crippen molar-refractivity contribution in [2.75, 3.05) is 20.7 Å². The molecule has 1 spiro atoms. The Kier molecular flexibility index (Phi) is 10.0. The smallest absolute Gasteiger partial charge is 0.490 e. The lowest BCUT2D eigenvalue weighted by Gasteiger charge is -2.61. The number of carboxylic acids is 2. The second-order valence-corrected chi connectivity index (χ2v) is 11.9. The standard InChI is InChI=1S/C28H34N2O11.C2HF3O2/c1-13(31)24(33)29-16(25(34)35)12-20(32)39-14(2)26(36)40-18-7-8-28(37)19-11-15-5-6-17(38-4)22-21(15)27(28,23(18)41-22)9-10-30(19)3;3-2(4,5)1(6)7/h5-7,13-14,16,19,23,31,37H,8-12H2,1-4H3,(H,29,33)(H,34,35);(H,6,7)/t13?,14?,16?,19-,23+,27+,28-;/m1./s1. The minimum Gasteiger partial charge on any atom is -0.493 e. The highest BCUT2D eigenvalue weighted by atomic mass is 19.4. The van der Waals surface area contributed by atoms with E-state index >= 15 is 0 Å². The summed E-state index contributed by atoms with van der Waals surface area (Å²) in [5.41, 5.74) is -0.169. The van der Waals surface area contributed by atoms with Gasteiger partial charge in [-0.3, -0.25) is 9.59 Å². The van der Waals surface area contributed by atoms with E-state index in [1.54, 1.807) is 6.08 Å². The molecule has 2 aliphatic heterocycles. The number of carbonyl (C=O) groups is 5. The average Bonchev–Trinajstić information content (AvgIpc) is 3.35. The van der Waals surface area contributed by atoms with E-state index in [1.807, 2.05) is 24.5 Å². The predicted octanol–water partition coefficient (Wildman–Crippen LogP) is 0.421. The van der Waals surface area contributed by atoms with Crippen LogP contribution in [0.4, 0.5) is 13.2 Å². The molecule has 1 aromatic rings. The zero-order valence-electron chi connectivity index (χ0n) is 26.2. The van der Waals surface area contributed by atoms with Crippen LogP contribution in [0.5, 0.6) is 11.5 Å². The molecule has 7 atom stereocenters. The Labute approximate surface area is 271 Å². The third-order valence-electron chi connectivity index (χ3n) is 9.02. The lowest BCUT2D eigenvalue weighted by Crippen LogP contribution is -2.74. The number of ether oxygens (including phenoxy) is 4. The molecule has 1 amide bonds. The van der Waals surface area contributed by atoms with Gasteiger partial charge in [0.25, 0.3) is 0 Å². The van der Waals surface area contributed by atoms with Gasteiger partial charge in [-0.05, 0) is 58.0 Å². The summed E-state index contributed by atoms with van der Waals surface area (Å²) in [6, 6.07) is 1.96. The average molecular weight is 689 g/mol. The molecule has 1 saturated heterocycles. The van der Waals surface area contributed by atoms with Gasteiger partial charge in [-0.15, -0.1) is 0 Å². The molecule has 2 bridgehead atoms.